The Labute approximate surface area is 172 Å². The number of carbonyl (C=O) groups is 1. The summed E-state index contributed by atoms with van der Waals surface area (Å²) in [6.07, 6.45) is 3.57. The maximum absolute atomic E-state index is 13.1. The molecule has 1 aliphatic heterocycles. The Morgan fingerprint density at radius 3 is 2.28 bits per heavy atom. The zero-order chi connectivity index (χ0) is 21.0. The molecule has 1 saturated heterocycles. The first kappa shape index (κ1) is 21.2. The van der Waals surface area contributed by atoms with Crippen LogP contribution in [0.4, 0.5) is 0 Å². The molecule has 0 aliphatic carbocycles. The van der Waals surface area contributed by atoms with E-state index in [1.807, 2.05) is 57.2 Å². The van der Waals surface area contributed by atoms with Crippen LogP contribution in [-0.4, -0.2) is 48.9 Å². The average Bonchev–Trinajstić information content (AvgIpc) is 3.47. The molecule has 2 aromatic carbocycles. The molecule has 0 spiro atoms. The smallest absolute Gasteiger partial charge is 0.345 e. The number of sulfonamides is 1. The molecule has 0 N–H and O–H groups in total. The van der Waals surface area contributed by atoms with Gasteiger partial charge in [0.25, 0.3) is 0 Å². The van der Waals surface area contributed by atoms with Gasteiger partial charge in [-0.1, -0.05) is 60.2 Å². The SMILES string of the molecule is CCN(CC)OC(=O)C1C(/C=C/c2ccccc2)N1S(=O)(=O)c1ccc(C)cc1. The van der Waals surface area contributed by atoms with Gasteiger partial charge < -0.3 is 4.84 Å². The molecule has 1 heterocycles. The number of carbonyl (C=O) groups excluding carboxylic acids is 1. The lowest BCUT2D eigenvalue weighted by Gasteiger charge is -2.17. The first-order chi connectivity index (χ1) is 13.9. The molecule has 2 aromatic rings. The zero-order valence-corrected chi connectivity index (χ0v) is 17.7. The monoisotopic (exact) mass is 414 g/mol. The van der Waals surface area contributed by atoms with Crippen molar-refractivity contribution in [2.24, 2.45) is 0 Å². The molecule has 1 aliphatic rings. The fraction of sp³-hybridized carbons (Fsp3) is 0.318. The van der Waals surface area contributed by atoms with E-state index >= 15 is 0 Å². The van der Waals surface area contributed by atoms with Crippen molar-refractivity contribution in [3.05, 3.63) is 71.8 Å². The lowest BCUT2D eigenvalue weighted by molar-refractivity contribution is -0.188. The van der Waals surface area contributed by atoms with E-state index in [4.69, 9.17) is 4.84 Å². The second kappa shape index (κ2) is 8.90. The maximum Gasteiger partial charge on any atom is 0.345 e. The highest BCUT2D eigenvalue weighted by atomic mass is 32.2. The minimum absolute atomic E-state index is 0.166. The number of rotatable bonds is 8. The van der Waals surface area contributed by atoms with Gasteiger partial charge in [0.05, 0.1) is 10.9 Å². The molecular weight excluding hydrogens is 388 g/mol. The van der Waals surface area contributed by atoms with Crippen LogP contribution in [0, 0.1) is 6.92 Å². The largest absolute Gasteiger partial charge is 0.366 e. The van der Waals surface area contributed by atoms with Gasteiger partial charge in [0.15, 0.2) is 0 Å². The lowest BCUT2D eigenvalue weighted by Crippen LogP contribution is -2.31. The molecule has 0 saturated carbocycles. The Balaban J connectivity index is 1.87. The Morgan fingerprint density at radius 2 is 1.69 bits per heavy atom. The molecule has 7 heteroatoms. The van der Waals surface area contributed by atoms with Crippen LogP contribution in [0.3, 0.4) is 0 Å². The maximum atomic E-state index is 13.1. The summed E-state index contributed by atoms with van der Waals surface area (Å²) in [5, 5.41) is 1.51. The molecule has 3 atom stereocenters. The summed E-state index contributed by atoms with van der Waals surface area (Å²) in [7, 11) is -3.82. The first-order valence-electron chi connectivity index (χ1n) is 9.68. The first-order valence-corrected chi connectivity index (χ1v) is 11.1. The van der Waals surface area contributed by atoms with E-state index in [0.717, 1.165) is 11.1 Å². The van der Waals surface area contributed by atoms with Crippen molar-refractivity contribution in [3.63, 3.8) is 0 Å². The Bertz CT molecular complexity index is 968. The molecule has 0 amide bonds. The van der Waals surface area contributed by atoms with Crippen LogP contribution in [0.15, 0.2) is 65.6 Å². The van der Waals surface area contributed by atoms with Gasteiger partial charge in [0, 0.05) is 13.1 Å². The second-order valence-electron chi connectivity index (χ2n) is 6.88. The summed E-state index contributed by atoms with van der Waals surface area (Å²) in [5.41, 5.74) is 1.90. The molecule has 29 heavy (non-hydrogen) atoms. The Hall–Kier alpha value is -2.48. The van der Waals surface area contributed by atoms with Gasteiger partial charge in [-0.15, -0.1) is 5.06 Å². The van der Waals surface area contributed by atoms with E-state index in [0.29, 0.717) is 13.1 Å². The van der Waals surface area contributed by atoms with Gasteiger partial charge in [0.2, 0.25) is 10.0 Å². The van der Waals surface area contributed by atoms with Crippen molar-refractivity contribution in [2.75, 3.05) is 13.1 Å². The van der Waals surface area contributed by atoms with Crippen molar-refractivity contribution in [3.8, 4) is 0 Å². The van der Waals surface area contributed by atoms with Gasteiger partial charge in [0.1, 0.15) is 6.04 Å². The lowest BCUT2D eigenvalue weighted by atomic mass is 10.2. The number of nitrogens with zero attached hydrogens (tertiary/aromatic N) is 2. The van der Waals surface area contributed by atoms with Crippen LogP contribution in [0.2, 0.25) is 0 Å². The van der Waals surface area contributed by atoms with Crippen LogP contribution in [0.5, 0.6) is 0 Å². The Kier molecular flexibility index (Phi) is 6.52. The highest BCUT2D eigenvalue weighted by molar-refractivity contribution is 7.89. The summed E-state index contributed by atoms with van der Waals surface area (Å²) in [4.78, 5) is 18.2. The normalized spacial score (nSPS) is 21.4. The van der Waals surface area contributed by atoms with E-state index in [1.54, 1.807) is 30.3 Å². The zero-order valence-electron chi connectivity index (χ0n) is 16.9. The average molecular weight is 415 g/mol. The number of benzene rings is 2. The van der Waals surface area contributed by atoms with Crippen LogP contribution in [0.25, 0.3) is 6.08 Å². The fourth-order valence-corrected chi connectivity index (χ4v) is 4.80. The summed E-state index contributed by atoms with van der Waals surface area (Å²) in [6, 6.07) is 14.7. The predicted octanol–water partition coefficient (Wildman–Crippen LogP) is 3.25. The molecule has 3 unspecified atom stereocenters. The van der Waals surface area contributed by atoms with Crippen LogP contribution in [-0.2, 0) is 19.7 Å². The molecule has 0 bridgehead atoms. The highest BCUT2D eigenvalue weighted by Crippen LogP contribution is 2.38. The number of hydrogen-bond acceptors (Lipinski definition) is 5. The molecule has 154 valence electrons. The van der Waals surface area contributed by atoms with Crippen molar-refractivity contribution in [1.82, 2.24) is 9.37 Å². The van der Waals surface area contributed by atoms with Crippen molar-refractivity contribution < 1.29 is 18.0 Å². The third-order valence-electron chi connectivity index (χ3n) is 4.85. The third kappa shape index (κ3) is 4.75. The van der Waals surface area contributed by atoms with Crippen molar-refractivity contribution in [2.45, 2.75) is 37.8 Å². The molecule has 6 nitrogen and oxygen atoms in total. The molecule has 0 radical (unpaired) electrons. The van der Waals surface area contributed by atoms with Gasteiger partial charge in [-0.05, 0) is 38.5 Å². The van der Waals surface area contributed by atoms with Gasteiger partial charge in [-0.25, -0.2) is 13.2 Å². The van der Waals surface area contributed by atoms with Crippen molar-refractivity contribution in [1.29, 1.82) is 0 Å². The minimum atomic E-state index is -3.82. The van der Waals surface area contributed by atoms with Crippen LogP contribution in [0.1, 0.15) is 25.0 Å². The third-order valence-corrected chi connectivity index (χ3v) is 6.74. The standard InChI is InChI=1S/C22H26N2O4S/c1-4-23(5-2)28-22(25)21-20(16-13-18-9-7-6-8-10-18)24(21)29(26,27)19-14-11-17(3)12-15-19/h6-16,20-21H,4-5H2,1-3H3/b16-13+. The van der Waals surface area contributed by atoms with Crippen molar-refractivity contribution >= 4 is 22.1 Å². The molecule has 1 fully saturated rings. The van der Waals surface area contributed by atoms with E-state index in [9.17, 15) is 13.2 Å². The number of hydrogen-bond donors (Lipinski definition) is 0. The summed E-state index contributed by atoms with van der Waals surface area (Å²) < 4.78 is 27.5. The Morgan fingerprint density at radius 1 is 1.07 bits per heavy atom. The molecular formula is C22H26N2O4S. The topological polar surface area (TPSA) is 66.7 Å². The van der Waals surface area contributed by atoms with Gasteiger partial charge >= 0.3 is 5.97 Å². The van der Waals surface area contributed by atoms with E-state index in [2.05, 4.69) is 0 Å². The van der Waals surface area contributed by atoms with Gasteiger partial charge in [-0.3, -0.25) is 0 Å². The van der Waals surface area contributed by atoms with E-state index in [-0.39, 0.29) is 4.90 Å². The van der Waals surface area contributed by atoms with Crippen LogP contribution < -0.4 is 0 Å². The minimum Gasteiger partial charge on any atom is -0.366 e. The quantitative estimate of drug-likeness (QED) is 0.490. The number of hydroxylamine groups is 2. The number of aryl methyl sites for hydroxylation is 1. The highest BCUT2D eigenvalue weighted by Gasteiger charge is 2.59. The van der Waals surface area contributed by atoms with E-state index in [1.165, 1.54) is 9.37 Å². The summed E-state index contributed by atoms with van der Waals surface area (Å²) >= 11 is 0. The summed E-state index contributed by atoms with van der Waals surface area (Å²) in [5.74, 6) is -0.563. The second-order valence-corrected chi connectivity index (χ2v) is 8.72. The van der Waals surface area contributed by atoms with Crippen LogP contribution >= 0.6 is 0 Å². The molecule has 3 rings (SSSR count). The van der Waals surface area contributed by atoms with E-state index < -0.39 is 28.1 Å². The fourth-order valence-electron chi connectivity index (χ4n) is 3.11. The summed E-state index contributed by atoms with van der Waals surface area (Å²) in [6.45, 7) is 6.70. The predicted molar refractivity (Wildman–Crippen MR) is 112 cm³/mol. The molecule has 0 aromatic heterocycles. The van der Waals surface area contributed by atoms with Gasteiger partial charge in [-0.2, -0.15) is 4.31 Å².